The van der Waals surface area contributed by atoms with Gasteiger partial charge in [-0.05, 0) is 42.8 Å². The molecule has 4 nitrogen and oxygen atoms in total. The number of hydrogen-bond acceptors (Lipinski definition) is 3. The zero-order valence-corrected chi connectivity index (χ0v) is 11.4. The van der Waals surface area contributed by atoms with Gasteiger partial charge in [-0.25, -0.2) is 0 Å². The highest BCUT2D eigenvalue weighted by atomic mass is 16.7. The van der Waals surface area contributed by atoms with Crippen molar-refractivity contribution in [3.63, 3.8) is 0 Å². The summed E-state index contributed by atoms with van der Waals surface area (Å²) in [5.41, 5.74) is 4.40. The third-order valence-corrected chi connectivity index (χ3v) is 2.68. The van der Waals surface area contributed by atoms with Crippen LogP contribution in [0.3, 0.4) is 0 Å². The topological polar surface area (TPSA) is 50.4 Å². The molecule has 0 saturated carbocycles. The van der Waals surface area contributed by atoms with E-state index >= 15 is 0 Å². The highest BCUT2D eigenvalue weighted by molar-refractivity contribution is 5.74. The minimum atomic E-state index is -0.112. The lowest BCUT2D eigenvalue weighted by Crippen LogP contribution is -2.26. The van der Waals surface area contributed by atoms with Gasteiger partial charge >= 0.3 is 0 Å². The van der Waals surface area contributed by atoms with E-state index < -0.39 is 0 Å². The molecule has 2 N–H and O–H groups in total. The van der Waals surface area contributed by atoms with E-state index in [2.05, 4.69) is 10.8 Å². The Labute approximate surface area is 118 Å². The van der Waals surface area contributed by atoms with Gasteiger partial charge in [-0.1, -0.05) is 25.1 Å². The summed E-state index contributed by atoms with van der Waals surface area (Å²) in [7, 11) is 0. The van der Waals surface area contributed by atoms with Crippen LogP contribution in [0.25, 0.3) is 0 Å². The van der Waals surface area contributed by atoms with E-state index in [1.54, 1.807) is 12.1 Å². The normalized spacial score (nSPS) is 9.85. The molecule has 0 radical (unpaired) electrons. The second-order valence-corrected chi connectivity index (χ2v) is 4.39. The largest absolute Gasteiger partial charge is 0.380 e. The van der Waals surface area contributed by atoms with Crippen molar-refractivity contribution in [3.8, 4) is 5.75 Å². The molecule has 0 aliphatic heterocycles. The Morgan fingerprint density at radius 2 is 1.65 bits per heavy atom. The molecule has 0 aromatic heterocycles. The van der Waals surface area contributed by atoms with Crippen LogP contribution in [0.4, 0.5) is 11.4 Å². The van der Waals surface area contributed by atoms with Gasteiger partial charge in [0, 0.05) is 17.8 Å². The predicted molar refractivity (Wildman–Crippen MR) is 79.8 cm³/mol. The number of benzene rings is 2. The van der Waals surface area contributed by atoms with Crippen molar-refractivity contribution in [2.45, 2.75) is 19.8 Å². The van der Waals surface area contributed by atoms with E-state index in [1.807, 2.05) is 49.4 Å². The third-order valence-electron chi connectivity index (χ3n) is 2.68. The molecule has 1 amide bonds. The van der Waals surface area contributed by atoms with Crippen LogP contribution >= 0.6 is 0 Å². The van der Waals surface area contributed by atoms with Crippen LogP contribution < -0.4 is 15.6 Å². The summed E-state index contributed by atoms with van der Waals surface area (Å²) in [5, 5.41) is 3.27. The molecule has 0 bridgehead atoms. The smallest absolute Gasteiger partial charge is 0.252 e. The molecule has 0 aliphatic rings. The van der Waals surface area contributed by atoms with Crippen molar-refractivity contribution in [3.05, 3.63) is 54.6 Å². The molecule has 20 heavy (non-hydrogen) atoms. The number of nitrogens with one attached hydrogen (secondary N) is 2. The van der Waals surface area contributed by atoms with Crippen molar-refractivity contribution in [1.29, 1.82) is 0 Å². The van der Waals surface area contributed by atoms with Gasteiger partial charge in [0.15, 0.2) is 5.75 Å². The molecule has 0 fully saturated rings. The standard InChI is InChI=1S/C16H18N2O2/c1-2-6-16(19)18-20-15-11-9-14(10-12-15)17-13-7-4-3-5-8-13/h3-5,7-12,17H,2,6H2,1H3,(H,18,19). The maximum Gasteiger partial charge on any atom is 0.252 e. The van der Waals surface area contributed by atoms with Gasteiger partial charge in [0.25, 0.3) is 5.91 Å². The number of carbonyl (C=O) groups is 1. The number of amides is 1. The maximum atomic E-state index is 11.3. The van der Waals surface area contributed by atoms with Crippen LogP contribution in [-0.4, -0.2) is 5.91 Å². The summed E-state index contributed by atoms with van der Waals surface area (Å²) in [4.78, 5) is 16.5. The van der Waals surface area contributed by atoms with Crippen LogP contribution in [0.5, 0.6) is 5.75 Å². The molecule has 2 rings (SSSR count). The van der Waals surface area contributed by atoms with Crippen molar-refractivity contribution in [2.24, 2.45) is 0 Å². The van der Waals surface area contributed by atoms with Gasteiger partial charge in [-0.15, -0.1) is 0 Å². The maximum absolute atomic E-state index is 11.3. The van der Waals surface area contributed by atoms with Gasteiger partial charge in [-0.3, -0.25) is 4.79 Å². The SMILES string of the molecule is CCCC(=O)NOc1ccc(Nc2ccccc2)cc1. The minimum Gasteiger partial charge on any atom is -0.380 e. The third kappa shape index (κ3) is 4.31. The van der Waals surface area contributed by atoms with Gasteiger partial charge < -0.3 is 10.2 Å². The first-order valence-corrected chi connectivity index (χ1v) is 6.66. The summed E-state index contributed by atoms with van der Waals surface area (Å²) in [6.45, 7) is 1.95. The molecule has 0 atom stereocenters. The molecule has 0 heterocycles. The van der Waals surface area contributed by atoms with E-state index in [9.17, 15) is 4.79 Å². The number of rotatable bonds is 6. The first-order chi connectivity index (χ1) is 9.78. The average Bonchev–Trinajstić information content (AvgIpc) is 2.48. The summed E-state index contributed by atoms with van der Waals surface area (Å²) in [5.74, 6) is 0.493. The first-order valence-electron chi connectivity index (χ1n) is 6.66. The van der Waals surface area contributed by atoms with Gasteiger partial charge in [0.2, 0.25) is 0 Å². The van der Waals surface area contributed by atoms with Crippen molar-refractivity contribution >= 4 is 17.3 Å². The number of hydroxylamine groups is 1. The fourth-order valence-corrected chi connectivity index (χ4v) is 1.69. The summed E-state index contributed by atoms with van der Waals surface area (Å²) < 4.78 is 0. The van der Waals surface area contributed by atoms with E-state index in [0.29, 0.717) is 12.2 Å². The lowest BCUT2D eigenvalue weighted by Gasteiger charge is -2.09. The molecule has 2 aromatic carbocycles. The van der Waals surface area contributed by atoms with Crippen LogP contribution in [0.15, 0.2) is 54.6 Å². The monoisotopic (exact) mass is 270 g/mol. The molecule has 2 aromatic rings. The highest BCUT2D eigenvalue weighted by Crippen LogP contribution is 2.19. The second kappa shape index (κ2) is 7.19. The van der Waals surface area contributed by atoms with E-state index in [0.717, 1.165) is 17.8 Å². The second-order valence-electron chi connectivity index (χ2n) is 4.39. The summed E-state index contributed by atoms with van der Waals surface area (Å²) in [6.07, 6.45) is 1.27. The van der Waals surface area contributed by atoms with E-state index in [4.69, 9.17) is 4.84 Å². The molecule has 0 saturated heterocycles. The van der Waals surface area contributed by atoms with Crippen LogP contribution in [-0.2, 0) is 4.79 Å². The number of hydrogen-bond donors (Lipinski definition) is 2. The molecule has 104 valence electrons. The van der Waals surface area contributed by atoms with Gasteiger partial charge in [0.1, 0.15) is 0 Å². The predicted octanol–water partition coefficient (Wildman–Crippen LogP) is 3.64. The van der Waals surface area contributed by atoms with Gasteiger partial charge in [-0.2, -0.15) is 5.48 Å². The number of carbonyl (C=O) groups excluding carboxylic acids is 1. The molecule has 0 unspecified atom stereocenters. The summed E-state index contributed by atoms with van der Waals surface area (Å²) in [6, 6.07) is 17.3. The van der Waals surface area contributed by atoms with E-state index in [-0.39, 0.29) is 5.91 Å². The van der Waals surface area contributed by atoms with Crippen LogP contribution in [0.1, 0.15) is 19.8 Å². The fraction of sp³-hybridized carbons (Fsp3) is 0.188. The molecular weight excluding hydrogens is 252 g/mol. The van der Waals surface area contributed by atoms with Gasteiger partial charge in [0.05, 0.1) is 0 Å². The Morgan fingerprint density at radius 3 is 2.30 bits per heavy atom. The zero-order chi connectivity index (χ0) is 14.2. The Morgan fingerprint density at radius 1 is 1.00 bits per heavy atom. The molecule has 0 spiro atoms. The fourth-order valence-electron chi connectivity index (χ4n) is 1.69. The van der Waals surface area contributed by atoms with Crippen LogP contribution in [0, 0.1) is 0 Å². The van der Waals surface area contributed by atoms with Crippen LogP contribution in [0.2, 0.25) is 0 Å². The minimum absolute atomic E-state index is 0.112. The molecule has 4 heteroatoms. The van der Waals surface area contributed by atoms with Crippen molar-refractivity contribution in [1.82, 2.24) is 5.48 Å². The number of para-hydroxylation sites is 1. The Balaban J connectivity index is 1.88. The lowest BCUT2D eigenvalue weighted by atomic mass is 10.2. The Hall–Kier alpha value is -2.49. The highest BCUT2D eigenvalue weighted by Gasteiger charge is 2.00. The average molecular weight is 270 g/mol. The Kier molecular flexibility index (Phi) is 5.00. The first kappa shape index (κ1) is 13.9. The molecule has 0 aliphatic carbocycles. The Bertz CT molecular complexity index is 538. The van der Waals surface area contributed by atoms with Crippen molar-refractivity contribution in [2.75, 3.05) is 5.32 Å². The number of anilines is 2. The van der Waals surface area contributed by atoms with E-state index in [1.165, 1.54) is 0 Å². The molecular formula is C16H18N2O2. The quantitative estimate of drug-likeness (QED) is 0.788. The van der Waals surface area contributed by atoms with Crippen molar-refractivity contribution < 1.29 is 9.63 Å². The summed E-state index contributed by atoms with van der Waals surface area (Å²) >= 11 is 0. The lowest BCUT2D eigenvalue weighted by molar-refractivity contribution is -0.127. The zero-order valence-electron chi connectivity index (χ0n) is 11.4.